The van der Waals surface area contributed by atoms with Crippen LogP contribution in [0.3, 0.4) is 0 Å². The Balaban J connectivity index is 4.01. The van der Waals surface area contributed by atoms with Crippen LogP contribution >= 0.6 is 0 Å². The zero-order valence-electron chi connectivity index (χ0n) is 5.88. The Morgan fingerprint density at radius 1 is 1.20 bits per heavy atom. The third-order valence-corrected chi connectivity index (χ3v) is 0.800. The second-order valence-electron chi connectivity index (χ2n) is 1.81. The van der Waals surface area contributed by atoms with E-state index in [0.717, 1.165) is 0 Å². The lowest BCUT2D eigenvalue weighted by molar-refractivity contribution is 1.39. The van der Waals surface area contributed by atoms with E-state index in [-0.39, 0.29) is 0 Å². The SMILES string of the molecule is C=C/C=C(N)\C=C/C(=C)N. The average Bonchev–Trinajstić information content (AvgIpc) is 1.85. The second-order valence-corrected chi connectivity index (χ2v) is 1.81. The van der Waals surface area contributed by atoms with Crippen LogP contribution in [0.1, 0.15) is 0 Å². The third kappa shape index (κ3) is 4.71. The normalized spacial score (nSPS) is 11.8. The Bertz CT molecular complexity index is 187. The molecule has 2 nitrogen and oxygen atoms in total. The van der Waals surface area contributed by atoms with Gasteiger partial charge in [-0.2, -0.15) is 0 Å². The number of rotatable bonds is 3. The van der Waals surface area contributed by atoms with Crippen LogP contribution in [0.4, 0.5) is 0 Å². The van der Waals surface area contributed by atoms with Crippen molar-refractivity contribution >= 4 is 0 Å². The molecule has 0 aliphatic heterocycles. The molecule has 0 saturated carbocycles. The maximum atomic E-state index is 5.44. The molecule has 0 aliphatic carbocycles. The lowest BCUT2D eigenvalue weighted by atomic mass is 10.3. The van der Waals surface area contributed by atoms with Crippen LogP contribution in [-0.4, -0.2) is 0 Å². The molecule has 0 saturated heterocycles. The first-order valence-corrected chi connectivity index (χ1v) is 2.87. The van der Waals surface area contributed by atoms with Crippen molar-refractivity contribution in [2.75, 3.05) is 0 Å². The topological polar surface area (TPSA) is 52.0 Å². The van der Waals surface area contributed by atoms with Crippen LogP contribution in [0, 0.1) is 0 Å². The first kappa shape index (κ1) is 8.56. The van der Waals surface area contributed by atoms with Gasteiger partial charge >= 0.3 is 0 Å². The van der Waals surface area contributed by atoms with Gasteiger partial charge in [0.2, 0.25) is 0 Å². The first-order chi connectivity index (χ1) is 4.66. The number of hydrogen-bond donors (Lipinski definition) is 2. The molecule has 0 fully saturated rings. The van der Waals surface area contributed by atoms with Crippen molar-refractivity contribution in [3.8, 4) is 0 Å². The minimum atomic E-state index is 0.486. The van der Waals surface area contributed by atoms with Crippen molar-refractivity contribution in [1.82, 2.24) is 0 Å². The minimum Gasteiger partial charge on any atom is -0.399 e. The average molecular weight is 136 g/mol. The smallest absolute Gasteiger partial charge is 0.0314 e. The van der Waals surface area contributed by atoms with Gasteiger partial charge in [0.15, 0.2) is 0 Å². The van der Waals surface area contributed by atoms with Crippen LogP contribution < -0.4 is 11.5 Å². The van der Waals surface area contributed by atoms with Crippen LogP contribution in [-0.2, 0) is 0 Å². The van der Waals surface area contributed by atoms with Crippen LogP contribution in [0.2, 0.25) is 0 Å². The quantitative estimate of drug-likeness (QED) is 0.569. The largest absolute Gasteiger partial charge is 0.399 e. The summed E-state index contributed by atoms with van der Waals surface area (Å²) in [6.45, 7) is 6.95. The van der Waals surface area contributed by atoms with E-state index in [1.54, 1.807) is 24.3 Å². The zero-order chi connectivity index (χ0) is 7.98. The van der Waals surface area contributed by atoms with E-state index in [4.69, 9.17) is 11.5 Å². The van der Waals surface area contributed by atoms with Crippen LogP contribution in [0.25, 0.3) is 0 Å². The fraction of sp³-hybridized carbons (Fsp3) is 0. The molecule has 0 aliphatic rings. The summed E-state index contributed by atoms with van der Waals surface area (Å²) in [7, 11) is 0. The van der Waals surface area contributed by atoms with E-state index in [0.29, 0.717) is 11.4 Å². The maximum absolute atomic E-state index is 5.44. The highest BCUT2D eigenvalue weighted by molar-refractivity contribution is 5.24. The zero-order valence-corrected chi connectivity index (χ0v) is 5.88. The standard InChI is InChI=1S/C8H12N2/c1-3-4-8(10)6-5-7(2)9/h3-6H,1-2,9-10H2/b6-5-,8-4+. The first-order valence-electron chi connectivity index (χ1n) is 2.87. The van der Waals surface area contributed by atoms with Crippen LogP contribution in [0.5, 0.6) is 0 Å². The molecular weight excluding hydrogens is 124 g/mol. The summed E-state index contributed by atoms with van der Waals surface area (Å²) in [4.78, 5) is 0. The van der Waals surface area contributed by atoms with E-state index in [1.807, 2.05) is 0 Å². The summed E-state index contributed by atoms with van der Waals surface area (Å²) < 4.78 is 0. The van der Waals surface area contributed by atoms with Crippen molar-refractivity contribution in [3.63, 3.8) is 0 Å². The fourth-order valence-corrected chi connectivity index (χ4v) is 0.395. The highest BCUT2D eigenvalue weighted by Crippen LogP contribution is 1.89. The molecule has 0 rings (SSSR count). The van der Waals surface area contributed by atoms with Gasteiger partial charge in [0, 0.05) is 11.4 Å². The molecule has 0 radical (unpaired) electrons. The van der Waals surface area contributed by atoms with Gasteiger partial charge < -0.3 is 11.5 Å². The number of nitrogens with two attached hydrogens (primary N) is 2. The highest BCUT2D eigenvalue weighted by atomic mass is 14.6. The number of allylic oxidation sites excluding steroid dienone is 4. The van der Waals surface area contributed by atoms with Crippen LogP contribution in [0.15, 0.2) is 48.9 Å². The van der Waals surface area contributed by atoms with E-state index in [2.05, 4.69) is 13.2 Å². The highest BCUT2D eigenvalue weighted by Gasteiger charge is 1.77. The molecule has 2 heteroatoms. The molecule has 4 N–H and O–H groups in total. The third-order valence-electron chi connectivity index (χ3n) is 0.800. The molecule has 0 aromatic carbocycles. The summed E-state index contributed by atoms with van der Waals surface area (Å²) >= 11 is 0. The summed E-state index contributed by atoms with van der Waals surface area (Å²) in [5, 5.41) is 0. The van der Waals surface area contributed by atoms with Gasteiger partial charge in [-0.25, -0.2) is 0 Å². The number of hydrogen-bond acceptors (Lipinski definition) is 2. The molecule has 0 bridgehead atoms. The van der Waals surface area contributed by atoms with Gasteiger partial charge in [0.25, 0.3) is 0 Å². The molecular formula is C8H12N2. The van der Waals surface area contributed by atoms with Gasteiger partial charge in [0.1, 0.15) is 0 Å². The van der Waals surface area contributed by atoms with Crippen molar-refractivity contribution in [3.05, 3.63) is 48.9 Å². The Morgan fingerprint density at radius 3 is 2.20 bits per heavy atom. The van der Waals surface area contributed by atoms with E-state index < -0.39 is 0 Å². The summed E-state index contributed by atoms with van der Waals surface area (Å²) in [6, 6.07) is 0. The molecule has 0 atom stereocenters. The predicted octanol–water partition coefficient (Wildman–Crippen LogP) is 1.04. The summed E-state index contributed by atoms with van der Waals surface area (Å²) in [6.07, 6.45) is 6.59. The van der Waals surface area contributed by atoms with E-state index in [9.17, 15) is 0 Å². The molecule has 0 aromatic rings. The fourth-order valence-electron chi connectivity index (χ4n) is 0.395. The van der Waals surface area contributed by atoms with Crippen molar-refractivity contribution in [2.45, 2.75) is 0 Å². The minimum absolute atomic E-state index is 0.486. The summed E-state index contributed by atoms with van der Waals surface area (Å²) in [5.74, 6) is 0. The second kappa shape index (κ2) is 4.44. The Labute approximate surface area is 61.2 Å². The molecule has 0 aromatic heterocycles. The Hall–Kier alpha value is -1.44. The lowest BCUT2D eigenvalue weighted by Gasteiger charge is -1.88. The lowest BCUT2D eigenvalue weighted by Crippen LogP contribution is -1.94. The Morgan fingerprint density at radius 2 is 1.80 bits per heavy atom. The Kier molecular flexibility index (Phi) is 3.80. The molecule has 10 heavy (non-hydrogen) atoms. The van der Waals surface area contributed by atoms with Crippen molar-refractivity contribution in [1.29, 1.82) is 0 Å². The monoisotopic (exact) mass is 136 g/mol. The van der Waals surface area contributed by atoms with Gasteiger partial charge in [0.05, 0.1) is 0 Å². The molecule has 0 spiro atoms. The predicted molar refractivity (Wildman–Crippen MR) is 44.9 cm³/mol. The maximum Gasteiger partial charge on any atom is 0.0314 e. The van der Waals surface area contributed by atoms with Gasteiger partial charge in [-0.05, 0) is 18.2 Å². The molecule has 0 heterocycles. The summed E-state index contributed by atoms with van der Waals surface area (Å²) in [5.41, 5.74) is 11.8. The molecule has 0 unspecified atom stereocenters. The van der Waals surface area contributed by atoms with Gasteiger partial charge in [-0.1, -0.05) is 19.2 Å². The van der Waals surface area contributed by atoms with E-state index in [1.165, 1.54) is 0 Å². The molecule has 0 amide bonds. The van der Waals surface area contributed by atoms with Crippen molar-refractivity contribution < 1.29 is 0 Å². The van der Waals surface area contributed by atoms with Gasteiger partial charge in [-0.3, -0.25) is 0 Å². The van der Waals surface area contributed by atoms with Crippen molar-refractivity contribution in [2.24, 2.45) is 11.5 Å². The molecule has 54 valence electrons. The van der Waals surface area contributed by atoms with E-state index >= 15 is 0 Å². The van der Waals surface area contributed by atoms with Gasteiger partial charge in [-0.15, -0.1) is 0 Å².